The van der Waals surface area contributed by atoms with Crippen LogP contribution in [0.2, 0.25) is 5.02 Å². The molecule has 3 N–H and O–H groups in total. The van der Waals surface area contributed by atoms with Gasteiger partial charge in [-0.3, -0.25) is 0 Å². The van der Waals surface area contributed by atoms with E-state index in [0.717, 1.165) is 11.4 Å². The van der Waals surface area contributed by atoms with Gasteiger partial charge in [0.15, 0.2) is 0 Å². The van der Waals surface area contributed by atoms with E-state index in [9.17, 15) is 0 Å². The zero-order valence-electron chi connectivity index (χ0n) is 14.4. The van der Waals surface area contributed by atoms with Crippen molar-refractivity contribution in [3.8, 4) is 5.69 Å². The van der Waals surface area contributed by atoms with Gasteiger partial charge in [-0.25, -0.2) is 0 Å². The minimum absolute atomic E-state index is 0.140. The lowest BCUT2D eigenvalue weighted by molar-refractivity contribution is 0.756. The van der Waals surface area contributed by atoms with Crippen molar-refractivity contribution in [3.05, 3.63) is 65.4 Å². The summed E-state index contributed by atoms with van der Waals surface area (Å²) in [7, 11) is 0. The summed E-state index contributed by atoms with van der Waals surface area (Å²) in [4.78, 5) is 12.7. The average molecular weight is 412 g/mol. The summed E-state index contributed by atoms with van der Waals surface area (Å²) in [5.74, 6) is 1.46. The van der Waals surface area contributed by atoms with Crippen LogP contribution in [0.3, 0.4) is 0 Å². The predicted octanol–water partition coefficient (Wildman–Crippen LogP) is 3.12. The van der Waals surface area contributed by atoms with Crippen LogP contribution >= 0.6 is 23.4 Å². The third-order valence-corrected chi connectivity index (χ3v) is 4.74. The van der Waals surface area contributed by atoms with Crippen molar-refractivity contribution in [2.24, 2.45) is 0 Å². The van der Waals surface area contributed by atoms with Gasteiger partial charge in [0, 0.05) is 10.7 Å². The third-order valence-electron chi connectivity index (χ3n) is 3.57. The Morgan fingerprint density at radius 1 is 1.00 bits per heavy atom. The summed E-state index contributed by atoms with van der Waals surface area (Å²) >= 11 is 7.32. The number of nitrogen functional groups attached to an aromatic ring is 1. The number of tetrazole rings is 1. The fourth-order valence-corrected chi connectivity index (χ4v) is 3.22. The van der Waals surface area contributed by atoms with Crippen LogP contribution in [-0.4, -0.2) is 35.2 Å². The van der Waals surface area contributed by atoms with Crippen LogP contribution in [0.1, 0.15) is 5.82 Å². The molecular formula is C17H14ClN9S. The highest BCUT2D eigenvalue weighted by atomic mass is 35.5. The molecule has 0 fully saturated rings. The van der Waals surface area contributed by atoms with E-state index in [1.165, 1.54) is 11.8 Å². The number of hydrogen-bond donors (Lipinski definition) is 2. The van der Waals surface area contributed by atoms with Crippen LogP contribution in [0.15, 0.2) is 59.8 Å². The summed E-state index contributed by atoms with van der Waals surface area (Å²) in [5, 5.41) is 16.2. The number of hydrogen-bond acceptors (Lipinski definition) is 9. The predicted molar refractivity (Wildman–Crippen MR) is 108 cm³/mol. The second kappa shape index (κ2) is 8.19. The van der Waals surface area contributed by atoms with Gasteiger partial charge in [0.2, 0.25) is 17.1 Å². The maximum absolute atomic E-state index is 5.94. The first-order valence-corrected chi connectivity index (χ1v) is 9.53. The Hall–Kier alpha value is -3.24. The summed E-state index contributed by atoms with van der Waals surface area (Å²) < 4.78 is 1.62. The van der Waals surface area contributed by atoms with Crippen LogP contribution in [0, 0.1) is 0 Å². The normalized spacial score (nSPS) is 10.8. The Morgan fingerprint density at radius 2 is 1.79 bits per heavy atom. The van der Waals surface area contributed by atoms with Gasteiger partial charge in [0.05, 0.1) is 11.4 Å². The summed E-state index contributed by atoms with van der Waals surface area (Å²) in [5.41, 5.74) is 7.49. The molecule has 4 aromatic rings. The zero-order valence-corrected chi connectivity index (χ0v) is 16.0. The molecule has 0 saturated carbocycles. The lowest BCUT2D eigenvalue weighted by atomic mass is 10.3. The monoisotopic (exact) mass is 411 g/mol. The molecule has 2 aromatic heterocycles. The van der Waals surface area contributed by atoms with Crippen molar-refractivity contribution in [2.75, 3.05) is 11.1 Å². The van der Waals surface area contributed by atoms with Gasteiger partial charge in [0.1, 0.15) is 5.82 Å². The molecular weight excluding hydrogens is 398 g/mol. The number of aromatic nitrogens is 7. The van der Waals surface area contributed by atoms with E-state index < -0.39 is 0 Å². The van der Waals surface area contributed by atoms with Crippen LogP contribution in [0.25, 0.3) is 5.69 Å². The fourth-order valence-electron chi connectivity index (χ4n) is 2.35. The number of halogens is 1. The second-order valence-electron chi connectivity index (χ2n) is 5.56. The molecule has 0 radical (unpaired) electrons. The van der Waals surface area contributed by atoms with E-state index in [-0.39, 0.29) is 5.95 Å². The number of para-hydroxylation sites is 1. The lowest BCUT2D eigenvalue weighted by Gasteiger charge is -2.07. The van der Waals surface area contributed by atoms with Gasteiger partial charge < -0.3 is 11.1 Å². The molecule has 28 heavy (non-hydrogen) atoms. The second-order valence-corrected chi connectivity index (χ2v) is 6.94. The van der Waals surface area contributed by atoms with Gasteiger partial charge in [0.25, 0.3) is 0 Å². The fraction of sp³-hybridized carbons (Fsp3) is 0.0588. The average Bonchev–Trinajstić information content (AvgIpc) is 3.16. The third kappa shape index (κ3) is 4.35. The topological polar surface area (TPSA) is 120 Å². The van der Waals surface area contributed by atoms with Crippen molar-refractivity contribution < 1.29 is 0 Å². The molecule has 0 aliphatic carbocycles. The van der Waals surface area contributed by atoms with Crippen molar-refractivity contribution >= 4 is 40.9 Å². The van der Waals surface area contributed by atoms with Crippen molar-refractivity contribution in [2.45, 2.75) is 10.9 Å². The maximum atomic E-state index is 5.94. The quantitative estimate of drug-likeness (QED) is 0.461. The number of rotatable bonds is 6. The molecule has 0 aliphatic heterocycles. The van der Waals surface area contributed by atoms with Crippen LogP contribution in [0.4, 0.5) is 17.6 Å². The van der Waals surface area contributed by atoms with Crippen molar-refractivity contribution in [1.82, 2.24) is 35.2 Å². The maximum Gasteiger partial charge on any atom is 0.232 e. The number of anilines is 3. The van der Waals surface area contributed by atoms with Gasteiger partial charge in [-0.05, 0) is 46.8 Å². The van der Waals surface area contributed by atoms with Gasteiger partial charge in [-0.1, -0.05) is 41.6 Å². The lowest BCUT2D eigenvalue weighted by Crippen LogP contribution is -2.07. The highest BCUT2D eigenvalue weighted by Crippen LogP contribution is 2.23. The van der Waals surface area contributed by atoms with E-state index in [0.29, 0.717) is 27.7 Å². The number of thioether (sulfide) groups is 1. The van der Waals surface area contributed by atoms with E-state index in [1.54, 1.807) is 16.8 Å². The first-order chi connectivity index (χ1) is 13.7. The van der Waals surface area contributed by atoms with E-state index in [1.807, 2.05) is 42.5 Å². The molecule has 9 nitrogen and oxygen atoms in total. The molecule has 0 aliphatic rings. The standard InChI is InChI=1S/C17H14ClN9S/c18-11-6-8-13(9-7-11)27-17(24-25-26-27)28-10-14-21-15(19)23-16(22-14)20-12-4-2-1-3-5-12/h1-9H,10H2,(H3,19,20,21,22,23). The van der Waals surface area contributed by atoms with Gasteiger partial charge >= 0.3 is 0 Å². The summed E-state index contributed by atoms with van der Waals surface area (Å²) in [6.45, 7) is 0. The first-order valence-electron chi connectivity index (χ1n) is 8.17. The Bertz CT molecular complexity index is 1070. The molecule has 2 heterocycles. The molecule has 140 valence electrons. The first kappa shape index (κ1) is 18.1. The van der Waals surface area contributed by atoms with Crippen LogP contribution < -0.4 is 11.1 Å². The number of nitrogens with one attached hydrogen (secondary N) is 1. The molecule has 0 amide bonds. The Morgan fingerprint density at radius 3 is 2.57 bits per heavy atom. The van der Waals surface area contributed by atoms with Crippen LogP contribution in [0.5, 0.6) is 0 Å². The molecule has 0 bridgehead atoms. The summed E-state index contributed by atoms with van der Waals surface area (Å²) in [6, 6.07) is 16.8. The molecule has 11 heteroatoms. The van der Waals surface area contributed by atoms with E-state index in [2.05, 4.69) is 35.8 Å². The van der Waals surface area contributed by atoms with Crippen LogP contribution in [-0.2, 0) is 5.75 Å². The molecule has 0 atom stereocenters. The Balaban J connectivity index is 1.50. The van der Waals surface area contributed by atoms with E-state index in [4.69, 9.17) is 17.3 Å². The minimum atomic E-state index is 0.140. The molecule has 0 saturated heterocycles. The highest BCUT2D eigenvalue weighted by molar-refractivity contribution is 7.98. The Kier molecular flexibility index (Phi) is 5.31. The van der Waals surface area contributed by atoms with Crippen molar-refractivity contribution in [1.29, 1.82) is 0 Å². The van der Waals surface area contributed by atoms with Gasteiger partial charge in [-0.2, -0.15) is 19.6 Å². The number of nitrogens with two attached hydrogens (primary N) is 1. The SMILES string of the molecule is Nc1nc(CSc2nnnn2-c2ccc(Cl)cc2)nc(Nc2ccccc2)n1. The molecule has 4 rings (SSSR count). The van der Waals surface area contributed by atoms with Gasteiger partial charge in [-0.15, -0.1) is 5.10 Å². The highest BCUT2D eigenvalue weighted by Gasteiger charge is 2.12. The van der Waals surface area contributed by atoms with E-state index >= 15 is 0 Å². The number of benzene rings is 2. The van der Waals surface area contributed by atoms with Crippen molar-refractivity contribution in [3.63, 3.8) is 0 Å². The number of nitrogens with zero attached hydrogens (tertiary/aromatic N) is 7. The minimum Gasteiger partial charge on any atom is -0.368 e. The molecule has 2 aromatic carbocycles. The Labute approximate surface area is 169 Å². The molecule has 0 spiro atoms. The smallest absolute Gasteiger partial charge is 0.232 e. The largest absolute Gasteiger partial charge is 0.368 e. The summed E-state index contributed by atoms with van der Waals surface area (Å²) in [6.07, 6.45) is 0. The zero-order chi connectivity index (χ0) is 19.3. The molecule has 0 unspecified atom stereocenters.